The number of fused-ring (bicyclic) bond motifs is 1. The van der Waals surface area contributed by atoms with Crippen molar-refractivity contribution in [2.75, 3.05) is 5.32 Å². The molecule has 0 aliphatic carbocycles. The van der Waals surface area contributed by atoms with Gasteiger partial charge < -0.3 is 5.32 Å². The number of aryl methyl sites for hydroxylation is 1. The van der Waals surface area contributed by atoms with Gasteiger partial charge in [0.1, 0.15) is 10.6 Å². The molecule has 3 nitrogen and oxygen atoms in total. The smallest absolute Gasteiger partial charge is 0.225 e. The maximum Gasteiger partial charge on any atom is 0.225 e. The number of anilines is 2. The third-order valence-electron chi connectivity index (χ3n) is 4.12. The lowest BCUT2D eigenvalue weighted by atomic mass is 10.1. The Morgan fingerprint density at radius 3 is 2.48 bits per heavy atom. The summed E-state index contributed by atoms with van der Waals surface area (Å²) >= 11 is 7.72. The summed E-state index contributed by atoms with van der Waals surface area (Å²) in [6.45, 7) is 2.15. The molecule has 0 amide bonds. The first kappa shape index (κ1) is 16.1. The average molecular weight is 366 g/mol. The number of benzene rings is 2. The molecular formula is C20H16ClN3S. The number of nitrogens with zero attached hydrogens (tertiary/aromatic N) is 2. The third kappa shape index (κ3) is 3.23. The summed E-state index contributed by atoms with van der Waals surface area (Å²) in [5.74, 6) is 0.736. The minimum absolute atomic E-state index is 0.252. The molecule has 0 radical (unpaired) electrons. The standard InChI is InChI=1S/C20H16ClN3S/c1-2-13-8-10-15(11-9-13)22-18-17-16(14-6-4-3-5-7-14)12-25-19(17)24-20(21)23-18/h3-12H,2H2,1H3,(H,22,23,24). The number of halogens is 1. The Labute approximate surface area is 155 Å². The predicted octanol–water partition coefficient (Wildman–Crippen LogP) is 6.32. The monoisotopic (exact) mass is 365 g/mol. The molecule has 124 valence electrons. The van der Waals surface area contributed by atoms with E-state index in [0.717, 1.165) is 39.3 Å². The molecule has 0 saturated carbocycles. The van der Waals surface area contributed by atoms with Crippen molar-refractivity contribution in [3.05, 3.63) is 70.8 Å². The molecule has 4 rings (SSSR count). The number of nitrogens with one attached hydrogen (secondary N) is 1. The van der Waals surface area contributed by atoms with E-state index in [1.807, 2.05) is 18.2 Å². The van der Waals surface area contributed by atoms with Crippen LogP contribution in [0.5, 0.6) is 0 Å². The van der Waals surface area contributed by atoms with E-state index in [0.29, 0.717) is 0 Å². The van der Waals surface area contributed by atoms with Crippen molar-refractivity contribution in [1.29, 1.82) is 0 Å². The maximum absolute atomic E-state index is 6.14. The second-order valence-electron chi connectivity index (χ2n) is 5.71. The molecule has 4 aromatic rings. The van der Waals surface area contributed by atoms with Crippen LogP contribution in [0.3, 0.4) is 0 Å². The molecule has 0 fully saturated rings. The summed E-state index contributed by atoms with van der Waals surface area (Å²) in [5, 5.41) is 6.77. The average Bonchev–Trinajstić information content (AvgIpc) is 3.07. The van der Waals surface area contributed by atoms with Crippen molar-refractivity contribution in [1.82, 2.24) is 9.97 Å². The van der Waals surface area contributed by atoms with E-state index < -0.39 is 0 Å². The molecule has 0 spiro atoms. The molecule has 2 aromatic heterocycles. The van der Waals surface area contributed by atoms with Crippen LogP contribution in [0.2, 0.25) is 5.28 Å². The highest BCUT2D eigenvalue weighted by atomic mass is 35.5. The molecule has 0 atom stereocenters. The first-order valence-corrected chi connectivity index (χ1v) is 9.36. The van der Waals surface area contributed by atoms with Gasteiger partial charge >= 0.3 is 0 Å². The lowest BCUT2D eigenvalue weighted by Crippen LogP contribution is -1.97. The Morgan fingerprint density at radius 1 is 1.00 bits per heavy atom. The van der Waals surface area contributed by atoms with Crippen molar-refractivity contribution < 1.29 is 0 Å². The summed E-state index contributed by atoms with van der Waals surface area (Å²) < 4.78 is 0. The fraction of sp³-hybridized carbons (Fsp3) is 0.100. The molecule has 5 heteroatoms. The first-order chi connectivity index (χ1) is 12.2. The zero-order valence-electron chi connectivity index (χ0n) is 13.7. The summed E-state index contributed by atoms with van der Waals surface area (Å²) in [6.07, 6.45) is 1.02. The molecule has 0 aliphatic rings. The van der Waals surface area contributed by atoms with Crippen LogP contribution in [0.25, 0.3) is 21.3 Å². The van der Waals surface area contributed by atoms with Gasteiger partial charge in [-0.1, -0.05) is 49.4 Å². The van der Waals surface area contributed by atoms with Gasteiger partial charge in [-0.25, -0.2) is 4.98 Å². The Balaban J connectivity index is 1.83. The van der Waals surface area contributed by atoms with Gasteiger partial charge in [-0.2, -0.15) is 4.98 Å². The van der Waals surface area contributed by atoms with Gasteiger partial charge in [0.25, 0.3) is 0 Å². The fourth-order valence-corrected chi connectivity index (χ4v) is 3.96. The Kier molecular flexibility index (Phi) is 4.38. The van der Waals surface area contributed by atoms with Crippen LogP contribution in [0.4, 0.5) is 11.5 Å². The minimum atomic E-state index is 0.252. The summed E-state index contributed by atoms with van der Waals surface area (Å²) in [7, 11) is 0. The first-order valence-electron chi connectivity index (χ1n) is 8.10. The molecule has 2 aromatic carbocycles. The molecule has 2 heterocycles. The van der Waals surface area contributed by atoms with Crippen LogP contribution in [-0.2, 0) is 6.42 Å². The largest absolute Gasteiger partial charge is 0.340 e. The van der Waals surface area contributed by atoms with Crippen LogP contribution >= 0.6 is 22.9 Å². The molecular weight excluding hydrogens is 350 g/mol. The van der Waals surface area contributed by atoms with Crippen LogP contribution in [0, 0.1) is 0 Å². The molecule has 0 aliphatic heterocycles. The highest BCUT2D eigenvalue weighted by molar-refractivity contribution is 7.17. The second-order valence-corrected chi connectivity index (χ2v) is 6.91. The van der Waals surface area contributed by atoms with Crippen molar-refractivity contribution in [3.8, 4) is 11.1 Å². The third-order valence-corrected chi connectivity index (χ3v) is 5.16. The highest BCUT2D eigenvalue weighted by Gasteiger charge is 2.15. The van der Waals surface area contributed by atoms with E-state index in [1.54, 1.807) is 11.3 Å². The van der Waals surface area contributed by atoms with E-state index in [4.69, 9.17) is 11.6 Å². The number of thiophene rings is 1. The summed E-state index contributed by atoms with van der Waals surface area (Å²) in [4.78, 5) is 9.71. The van der Waals surface area contributed by atoms with Gasteiger partial charge in [-0.05, 0) is 41.3 Å². The molecule has 0 saturated heterocycles. The molecule has 1 N–H and O–H groups in total. The number of hydrogen-bond acceptors (Lipinski definition) is 4. The Morgan fingerprint density at radius 2 is 1.76 bits per heavy atom. The predicted molar refractivity (Wildman–Crippen MR) is 107 cm³/mol. The van der Waals surface area contributed by atoms with Crippen molar-refractivity contribution in [2.24, 2.45) is 0 Å². The number of hydrogen-bond donors (Lipinski definition) is 1. The highest BCUT2D eigenvalue weighted by Crippen LogP contribution is 2.38. The van der Waals surface area contributed by atoms with Gasteiger partial charge in [0.2, 0.25) is 5.28 Å². The van der Waals surface area contributed by atoms with Crippen LogP contribution < -0.4 is 5.32 Å². The zero-order valence-corrected chi connectivity index (χ0v) is 15.2. The van der Waals surface area contributed by atoms with Crippen molar-refractivity contribution in [3.63, 3.8) is 0 Å². The van der Waals surface area contributed by atoms with Crippen LogP contribution in [-0.4, -0.2) is 9.97 Å². The molecule has 0 bridgehead atoms. The van der Waals surface area contributed by atoms with Crippen LogP contribution in [0.15, 0.2) is 60.0 Å². The van der Waals surface area contributed by atoms with Gasteiger partial charge in [0, 0.05) is 16.6 Å². The number of rotatable bonds is 4. The maximum atomic E-state index is 6.14. The lowest BCUT2D eigenvalue weighted by Gasteiger charge is -2.10. The van der Waals surface area contributed by atoms with E-state index in [9.17, 15) is 0 Å². The summed E-state index contributed by atoms with van der Waals surface area (Å²) in [6, 6.07) is 18.6. The zero-order chi connectivity index (χ0) is 17.2. The quantitative estimate of drug-likeness (QED) is 0.430. The molecule has 25 heavy (non-hydrogen) atoms. The van der Waals surface area contributed by atoms with Crippen molar-refractivity contribution in [2.45, 2.75) is 13.3 Å². The van der Waals surface area contributed by atoms with Crippen molar-refractivity contribution >= 4 is 44.7 Å². The van der Waals surface area contributed by atoms with Crippen LogP contribution in [0.1, 0.15) is 12.5 Å². The second kappa shape index (κ2) is 6.82. The molecule has 0 unspecified atom stereocenters. The van der Waals surface area contributed by atoms with Gasteiger partial charge in [-0.3, -0.25) is 0 Å². The SMILES string of the molecule is CCc1ccc(Nc2nc(Cl)nc3scc(-c4ccccc4)c23)cc1. The fourth-order valence-electron chi connectivity index (χ4n) is 2.80. The van der Waals surface area contributed by atoms with Gasteiger partial charge in [0.15, 0.2) is 0 Å². The van der Waals surface area contributed by atoms with E-state index in [-0.39, 0.29) is 5.28 Å². The topological polar surface area (TPSA) is 37.8 Å². The number of aromatic nitrogens is 2. The minimum Gasteiger partial charge on any atom is -0.340 e. The Hall–Kier alpha value is -2.43. The van der Waals surface area contributed by atoms with E-state index in [1.165, 1.54) is 5.56 Å². The van der Waals surface area contributed by atoms with E-state index in [2.05, 4.69) is 64.0 Å². The normalized spacial score (nSPS) is 11.0. The van der Waals surface area contributed by atoms with Gasteiger partial charge in [-0.15, -0.1) is 11.3 Å². The lowest BCUT2D eigenvalue weighted by molar-refractivity contribution is 1.14. The summed E-state index contributed by atoms with van der Waals surface area (Å²) in [5.41, 5.74) is 4.55. The van der Waals surface area contributed by atoms with Gasteiger partial charge in [0.05, 0.1) is 5.39 Å². The Bertz CT molecular complexity index is 1010. The van der Waals surface area contributed by atoms with E-state index >= 15 is 0 Å².